The van der Waals surface area contributed by atoms with Gasteiger partial charge in [0.15, 0.2) is 5.17 Å². The molecule has 1 N–H and O–H groups in total. The van der Waals surface area contributed by atoms with Crippen LogP contribution in [0.1, 0.15) is 39.5 Å². The highest BCUT2D eigenvalue weighted by molar-refractivity contribution is 8.14. The second-order valence-electron chi connectivity index (χ2n) is 4.81. The Balaban J connectivity index is 1.81. The summed E-state index contributed by atoms with van der Waals surface area (Å²) < 4.78 is 5.47. The molecule has 0 amide bonds. The summed E-state index contributed by atoms with van der Waals surface area (Å²) in [6, 6.07) is 0. The van der Waals surface area contributed by atoms with Gasteiger partial charge in [-0.1, -0.05) is 24.6 Å². The molecule has 1 spiro atoms. The van der Waals surface area contributed by atoms with Crippen molar-refractivity contribution in [2.24, 2.45) is 4.99 Å². The lowest BCUT2D eigenvalue weighted by Gasteiger charge is -2.21. The lowest BCUT2D eigenvalue weighted by Crippen LogP contribution is -2.40. The van der Waals surface area contributed by atoms with Crippen LogP contribution in [-0.4, -0.2) is 35.7 Å². The summed E-state index contributed by atoms with van der Waals surface area (Å²) in [4.78, 5) is 4.60. The van der Waals surface area contributed by atoms with Crippen LogP contribution >= 0.6 is 11.8 Å². The molecule has 2 aliphatic rings. The minimum atomic E-state index is 0.236. The fourth-order valence-corrected chi connectivity index (χ4v) is 3.69. The Morgan fingerprint density at radius 3 is 2.94 bits per heavy atom. The molecule has 0 bridgehead atoms. The Hall–Kier alpha value is -0.220. The SMILES string of the molecule is CCOC(C)CN=C1NC2(CCCC2)CS1. The van der Waals surface area contributed by atoms with Gasteiger partial charge < -0.3 is 10.1 Å². The number of aliphatic imine (C=N–C) groups is 1. The van der Waals surface area contributed by atoms with Crippen molar-refractivity contribution in [2.45, 2.75) is 51.2 Å². The third-order valence-electron chi connectivity index (χ3n) is 3.36. The number of amidine groups is 1. The maximum absolute atomic E-state index is 5.47. The van der Waals surface area contributed by atoms with Gasteiger partial charge in [0.25, 0.3) is 0 Å². The highest BCUT2D eigenvalue weighted by Gasteiger charge is 2.39. The van der Waals surface area contributed by atoms with Gasteiger partial charge in [0.1, 0.15) is 0 Å². The molecule has 1 saturated carbocycles. The van der Waals surface area contributed by atoms with Gasteiger partial charge in [-0.2, -0.15) is 0 Å². The Labute approximate surface area is 102 Å². The zero-order valence-electron chi connectivity index (χ0n) is 10.3. The molecule has 3 nitrogen and oxygen atoms in total. The van der Waals surface area contributed by atoms with Crippen molar-refractivity contribution in [3.63, 3.8) is 0 Å². The van der Waals surface area contributed by atoms with Gasteiger partial charge in [-0.3, -0.25) is 4.99 Å². The van der Waals surface area contributed by atoms with E-state index in [0.717, 1.165) is 18.3 Å². The van der Waals surface area contributed by atoms with Gasteiger partial charge in [0.2, 0.25) is 0 Å². The van der Waals surface area contributed by atoms with Crippen LogP contribution in [-0.2, 0) is 4.74 Å². The molecule has 16 heavy (non-hydrogen) atoms. The first-order valence-corrected chi connectivity index (χ1v) is 7.30. The quantitative estimate of drug-likeness (QED) is 0.822. The van der Waals surface area contributed by atoms with Gasteiger partial charge in [0, 0.05) is 17.9 Å². The first-order chi connectivity index (χ1) is 7.74. The predicted octanol–water partition coefficient (Wildman–Crippen LogP) is 2.42. The van der Waals surface area contributed by atoms with E-state index >= 15 is 0 Å². The van der Waals surface area contributed by atoms with Crippen molar-refractivity contribution in [3.05, 3.63) is 0 Å². The van der Waals surface area contributed by atoms with Crippen LogP contribution in [0.3, 0.4) is 0 Å². The third-order valence-corrected chi connectivity index (χ3v) is 4.56. The van der Waals surface area contributed by atoms with Crippen LogP contribution in [0.5, 0.6) is 0 Å². The van der Waals surface area contributed by atoms with Crippen molar-refractivity contribution >= 4 is 16.9 Å². The minimum Gasteiger partial charge on any atom is -0.377 e. The topological polar surface area (TPSA) is 33.6 Å². The molecule has 1 atom stereocenters. The van der Waals surface area contributed by atoms with Crippen molar-refractivity contribution in [1.82, 2.24) is 5.32 Å². The summed E-state index contributed by atoms with van der Waals surface area (Å²) in [5.74, 6) is 1.20. The second kappa shape index (κ2) is 5.41. The minimum absolute atomic E-state index is 0.236. The molecule has 0 aromatic rings. The number of nitrogens with one attached hydrogen (secondary N) is 1. The van der Waals surface area contributed by atoms with Crippen LogP contribution in [0.4, 0.5) is 0 Å². The van der Waals surface area contributed by atoms with Gasteiger partial charge in [-0.15, -0.1) is 0 Å². The molecular weight excluding hydrogens is 220 g/mol. The van der Waals surface area contributed by atoms with Crippen LogP contribution in [0.2, 0.25) is 0 Å². The van der Waals surface area contributed by atoms with E-state index in [1.807, 2.05) is 18.7 Å². The van der Waals surface area contributed by atoms with Crippen molar-refractivity contribution in [1.29, 1.82) is 0 Å². The van der Waals surface area contributed by atoms with Crippen LogP contribution in [0.25, 0.3) is 0 Å². The van der Waals surface area contributed by atoms with E-state index in [1.54, 1.807) is 0 Å². The van der Waals surface area contributed by atoms with E-state index in [2.05, 4.69) is 17.2 Å². The summed E-state index contributed by atoms with van der Waals surface area (Å²) in [6.45, 7) is 5.66. The van der Waals surface area contributed by atoms with E-state index in [4.69, 9.17) is 4.74 Å². The monoisotopic (exact) mass is 242 g/mol. The highest BCUT2D eigenvalue weighted by Crippen LogP contribution is 2.37. The molecule has 0 aromatic carbocycles. The average molecular weight is 242 g/mol. The highest BCUT2D eigenvalue weighted by atomic mass is 32.2. The van der Waals surface area contributed by atoms with E-state index < -0.39 is 0 Å². The van der Waals surface area contributed by atoms with Crippen LogP contribution in [0, 0.1) is 0 Å². The number of thioether (sulfide) groups is 1. The maximum Gasteiger partial charge on any atom is 0.157 e. The lowest BCUT2D eigenvalue weighted by atomic mass is 10.0. The van der Waals surface area contributed by atoms with Gasteiger partial charge in [-0.05, 0) is 26.7 Å². The molecule has 2 fully saturated rings. The molecule has 1 saturated heterocycles. The summed E-state index contributed by atoms with van der Waals surface area (Å²) in [7, 11) is 0. The predicted molar refractivity (Wildman–Crippen MR) is 70.2 cm³/mol. The summed E-state index contributed by atoms with van der Waals surface area (Å²) >= 11 is 1.88. The Bertz CT molecular complexity index is 262. The summed E-state index contributed by atoms with van der Waals surface area (Å²) in [6.07, 6.45) is 5.62. The molecular formula is C12H22N2OS. The van der Waals surface area contributed by atoms with E-state index in [1.165, 1.54) is 31.4 Å². The van der Waals surface area contributed by atoms with Crippen LogP contribution < -0.4 is 5.32 Å². The molecule has 1 aliphatic heterocycles. The maximum atomic E-state index is 5.47. The smallest absolute Gasteiger partial charge is 0.157 e. The van der Waals surface area contributed by atoms with Gasteiger partial charge >= 0.3 is 0 Å². The largest absolute Gasteiger partial charge is 0.377 e. The normalized spacial score (nSPS) is 27.5. The lowest BCUT2D eigenvalue weighted by molar-refractivity contribution is 0.0829. The molecule has 2 rings (SSSR count). The summed E-state index contributed by atoms with van der Waals surface area (Å²) in [5, 5.41) is 4.75. The number of ether oxygens (including phenoxy) is 1. The first kappa shape index (κ1) is 12.2. The summed E-state index contributed by atoms with van der Waals surface area (Å²) in [5.41, 5.74) is 0.387. The number of rotatable bonds is 4. The van der Waals surface area contributed by atoms with Crippen LogP contribution in [0.15, 0.2) is 4.99 Å². The number of hydrogen-bond acceptors (Lipinski definition) is 3. The Morgan fingerprint density at radius 2 is 2.25 bits per heavy atom. The zero-order chi connectivity index (χ0) is 11.4. The number of nitrogens with zero attached hydrogens (tertiary/aromatic N) is 1. The third kappa shape index (κ3) is 2.92. The van der Waals surface area contributed by atoms with Crippen molar-refractivity contribution in [2.75, 3.05) is 18.9 Å². The van der Waals surface area contributed by atoms with E-state index in [0.29, 0.717) is 5.54 Å². The van der Waals surface area contributed by atoms with Crippen molar-refractivity contribution in [3.8, 4) is 0 Å². The van der Waals surface area contributed by atoms with Gasteiger partial charge in [0.05, 0.1) is 12.6 Å². The fourth-order valence-electron chi connectivity index (χ4n) is 2.46. The fraction of sp³-hybridized carbons (Fsp3) is 0.917. The number of hydrogen-bond donors (Lipinski definition) is 1. The molecule has 1 unspecified atom stereocenters. The Kier molecular flexibility index (Phi) is 4.14. The van der Waals surface area contributed by atoms with Gasteiger partial charge in [-0.25, -0.2) is 0 Å². The molecule has 1 heterocycles. The molecule has 1 aliphatic carbocycles. The molecule has 92 valence electrons. The van der Waals surface area contributed by atoms with E-state index in [-0.39, 0.29) is 6.10 Å². The van der Waals surface area contributed by atoms with Crippen molar-refractivity contribution < 1.29 is 4.74 Å². The standard InChI is InChI=1S/C12H22N2OS/c1-3-15-10(2)8-13-11-14-12(9-16-11)6-4-5-7-12/h10H,3-9H2,1-2H3,(H,13,14). The average Bonchev–Trinajstić information content (AvgIpc) is 2.88. The Morgan fingerprint density at radius 1 is 1.50 bits per heavy atom. The second-order valence-corrected chi connectivity index (χ2v) is 5.78. The van der Waals surface area contributed by atoms with E-state index in [9.17, 15) is 0 Å². The zero-order valence-corrected chi connectivity index (χ0v) is 11.1. The molecule has 4 heteroatoms. The first-order valence-electron chi connectivity index (χ1n) is 6.31. The molecule has 0 aromatic heterocycles. The molecule has 0 radical (unpaired) electrons.